The molecular weight excluding hydrogens is 262 g/mol. The molecule has 0 spiro atoms. The average molecular weight is 285 g/mol. The highest BCUT2D eigenvalue weighted by molar-refractivity contribution is 5.89. The van der Waals surface area contributed by atoms with Crippen LogP contribution in [0.25, 0.3) is 0 Å². The number of nitrogens with one attached hydrogen (secondary N) is 2. The topological polar surface area (TPSA) is 79.9 Å². The van der Waals surface area contributed by atoms with Crippen LogP contribution in [-0.4, -0.2) is 74.9 Å². The zero-order valence-corrected chi connectivity index (χ0v) is 12.1. The Labute approximate surface area is 119 Å². The second-order valence-electron chi connectivity index (χ2n) is 5.22. The fraction of sp³-hybridized carbons (Fsp3) is 0.846. The Balaban J connectivity index is 1.79. The molecule has 0 aromatic rings. The number of morpholine rings is 1. The van der Waals surface area contributed by atoms with Crippen molar-refractivity contribution in [1.29, 1.82) is 0 Å². The molecule has 3 atom stereocenters. The highest BCUT2D eigenvalue weighted by Crippen LogP contribution is 2.10. The van der Waals surface area contributed by atoms with Crippen LogP contribution in [0, 0.1) is 0 Å². The van der Waals surface area contributed by atoms with Gasteiger partial charge in [-0.3, -0.25) is 9.59 Å². The second-order valence-corrected chi connectivity index (χ2v) is 5.22. The van der Waals surface area contributed by atoms with E-state index >= 15 is 0 Å². The van der Waals surface area contributed by atoms with Crippen LogP contribution in [0.1, 0.15) is 13.3 Å². The first kappa shape index (κ1) is 15.2. The Kier molecular flexibility index (Phi) is 5.33. The second kappa shape index (κ2) is 7.01. The quantitative estimate of drug-likeness (QED) is 0.673. The van der Waals surface area contributed by atoms with E-state index in [-0.39, 0.29) is 24.0 Å². The Bertz CT molecular complexity index is 358. The highest BCUT2D eigenvalue weighted by Gasteiger charge is 2.31. The Hall–Kier alpha value is -1.18. The van der Waals surface area contributed by atoms with E-state index in [2.05, 4.69) is 10.6 Å². The summed E-state index contributed by atoms with van der Waals surface area (Å²) in [5.41, 5.74) is 0. The molecular formula is C13H23N3O4. The zero-order valence-electron chi connectivity index (χ0n) is 12.1. The third-order valence-corrected chi connectivity index (χ3v) is 3.79. The van der Waals surface area contributed by atoms with Gasteiger partial charge in [0.15, 0.2) is 0 Å². The Morgan fingerprint density at radius 1 is 1.40 bits per heavy atom. The molecule has 3 unspecified atom stereocenters. The summed E-state index contributed by atoms with van der Waals surface area (Å²) >= 11 is 0. The first-order valence-electron chi connectivity index (χ1n) is 7.05. The molecule has 2 heterocycles. The normalized spacial score (nSPS) is 28.2. The first-order valence-corrected chi connectivity index (χ1v) is 7.05. The van der Waals surface area contributed by atoms with Gasteiger partial charge in [-0.25, -0.2) is 0 Å². The van der Waals surface area contributed by atoms with Gasteiger partial charge in [0.2, 0.25) is 11.8 Å². The number of carbonyl (C=O) groups excluding carboxylic acids is 2. The number of methoxy groups -OCH3 is 1. The third-order valence-electron chi connectivity index (χ3n) is 3.79. The van der Waals surface area contributed by atoms with Gasteiger partial charge in [0, 0.05) is 26.7 Å². The number of nitrogens with zero attached hydrogens (tertiary/aromatic N) is 1. The molecule has 7 nitrogen and oxygen atoms in total. The van der Waals surface area contributed by atoms with Crippen LogP contribution >= 0.6 is 0 Å². The predicted molar refractivity (Wildman–Crippen MR) is 72.2 cm³/mol. The van der Waals surface area contributed by atoms with Gasteiger partial charge in [0.1, 0.15) is 6.04 Å². The van der Waals surface area contributed by atoms with E-state index < -0.39 is 6.04 Å². The van der Waals surface area contributed by atoms with Crippen molar-refractivity contribution >= 4 is 11.8 Å². The maximum atomic E-state index is 12.2. The lowest BCUT2D eigenvalue weighted by Crippen LogP contribution is -2.53. The Morgan fingerprint density at radius 2 is 2.10 bits per heavy atom. The van der Waals surface area contributed by atoms with E-state index in [1.165, 1.54) is 0 Å². The van der Waals surface area contributed by atoms with Gasteiger partial charge in [-0.2, -0.15) is 0 Å². The van der Waals surface area contributed by atoms with Gasteiger partial charge >= 0.3 is 0 Å². The fourth-order valence-corrected chi connectivity index (χ4v) is 2.52. The summed E-state index contributed by atoms with van der Waals surface area (Å²) in [4.78, 5) is 26.0. The summed E-state index contributed by atoms with van der Waals surface area (Å²) < 4.78 is 10.4. The maximum Gasteiger partial charge on any atom is 0.245 e. The van der Waals surface area contributed by atoms with E-state index in [4.69, 9.17) is 9.47 Å². The van der Waals surface area contributed by atoms with E-state index in [0.717, 1.165) is 0 Å². The van der Waals surface area contributed by atoms with Gasteiger partial charge in [-0.05, 0) is 13.3 Å². The van der Waals surface area contributed by atoms with Crippen molar-refractivity contribution in [1.82, 2.24) is 15.5 Å². The summed E-state index contributed by atoms with van der Waals surface area (Å²) in [7, 11) is 1.64. The molecule has 0 saturated carbocycles. The molecule has 2 rings (SSSR count). The van der Waals surface area contributed by atoms with Gasteiger partial charge in [0.05, 0.1) is 25.4 Å². The summed E-state index contributed by atoms with van der Waals surface area (Å²) in [5.74, 6) is -0.193. The number of carbonyl (C=O) groups is 2. The molecule has 0 radical (unpaired) electrons. The third kappa shape index (κ3) is 3.68. The van der Waals surface area contributed by atoms with E-state index in [1.54, 1.807) is 18.9 Å². The monoisotopic (exact) mass is 285 g/mol. The first-order chi connectivity index (χ1) is 9.61. The average Bonchev–Trinajstić information content (AvgIpc) is 2.96. The van der Waals surface area contributed by atoms with Crippen molar-refractivity contribution in [2.24, 2.45) is 0 Å². The minimum Gasteiger partial charge on any atom is -0.380 e. The molecule has 2 amide bonds. The molecule has 114 valence electrons. The SMILES string of the molecule is COC1CNC(C(=O)NC(C)C(=O)N2CCOCC2)C1. The molecule has 20 heavy (non-hydrogen) atoms. The van der Waals surface area contributed by atoms with Crippen LogP contribution in [0.2, 0.25) is 0 Å². The number of ether oxygens (including phenoxy) is 2. The molecule has 2 aliphatic rings. The van der Waals surface area contributed by atoms with Crippen molar-refractivity contribution in [3.8, 4) is 0 Å². The number of hydrogen-bond donors (Lipinski definition) is 2. The predicted octanol–water partition coefficient (Wildman–Crippen LogP) is -1.27. The van der Waals surface area contributed by atoms with E-state index in [1.807, 2.05) is 0 Å². The van der Waals surface area contributed by atoms with Crippen LogP contribution < -0.4 is 10.6 Å². The van der Waals surface area contributed by atoms with E-state index in [0.29, 0.717) is 39.3 Å². The number of rotatable bonds is 4. The molecule has 0 aromatic carbocycles. The van der Waals surface area contributed by atoms with Gasteiger partial charge < -0.3 is 25.0 Å². The minimum atomic E-state index is -0.510. The smallest absolute Gasteiger partial charge is 0.245 e. The molecule has 0 bridgehead atoms. The lowest BCUT2D eigenvalue weighted by molar-refractivity contribution is -0.139. The van der Waals surface area contributed by atoms with E-state index in [9.17, 15) is 9.59 Å². The maximum absolute atomic E-state index is 12.2. The van der Waals surface area contributed by atoms with Crippen LogP contribution in [0.15, 0.2) is 0 Å². The van der Waals surface area contributed by atoms with Crippen LogP contribution in [0.5, 0.6) is 0 Å². The van der Waals surface area contributed by atoms with Crippen molar-refractivity contribution in [3.63, 3.8) is 0 Å². The van der Waals surface area contributed by atoms with Crippen molar-refractivity contribution in [2.45, 2.75) is 31.5 Å². The minimum absolute atomic E-state index is 0.0528. The molecule has 0 aromatic heterocycles. The fourth-order valence-electron chi connectivity index (χ4n) is 2.52. The number of hydrogen-bond acceptors (Lipinski definition) is 5. The van der Waals surface area contributed by atoms with Crippen molar-refractivity contribution in [2.75, 3.05) is 40.0 Å². The summed E-state index contributed by atoms with van der Waals surface area (Å²) in [6, 6.07) is -0.788. The molecule has 7 heteroatoms. The lowest BCUT2D eigenvalue weighted by Gasteiger charge is -2.29. The van der Waals surface area contributed by atoms with Crippen molar-refractivity contribution in [3.05, 3.63) is 0 Å². The molecule has 2 N–H and O–H groups in total. The van der Waals surface area contributed by atoms with Gasteiger partial charge in [0.25, 0.3) is 0 Å². The van der Waals surface area contributed by atoms with Crippen LogP contribution in [-0.2, 0) is 19.1 Å². The molecule has 2 aliphatic heterocycles. The summed E-state index contributed by atoms with van der Waals surface area (Å²) in [5, 5.41) is 5.87. The highest BCUT2D eigenvalue weighted by atomic mass is 16.5. The molecule has 0 aliphatic carbocycles. The lowest BCUT2D eigenvalue weighted by atomic mass is 10.1. The van der Waals surface area contributed by atoms with Crippen LogP contribution in [0.4, 0.5) is 0 Å². The number of amides is 2. The molecule has 2 fully saturated rings. The van der Waals surface area contributed by atoms with Crippen LogP contribution in [0.3, 0.4) is 0 Å². The summed E-state index contributed by atoms with van der Waals surface area (Å²) in [6.07, 6.45) is 0.705. The van der Waals surface area contributed by atoms with Gasteiger partial charge in [-0.15, -0.1) is 0 Å². The van der Waals surface area contributed by atoms with Crippen molar-refractivity contribution < 1.29 is 19.1 Å². The standard InChI is InChI=1S/C13H23N3O4/c1-9(13(18)16-3-5-20-6-4-16)15-12(17)11-7-10(19-2)8-14-11/h9-11,14H,3-8H2,1-2H3,(H,15,17). The largest absolute Gasteiger partial charge is 0.380 e. The Morgan fingerprint density at radius 3 is 2.70 bits per heavy atom. The molecule has 2 saturated heterocycles. The zero-order chi connectivity index (χ0) is 14.5. The summed E-state index contributed by atoms with van der Waals surface area (Å²) in [6.45, 7) is 4.69. The van der Waals surface area contributed by atoms with Gasteiger partial charge in [-0.1, -0.05) is 0 Å².